The molecule has 0 bridgehead atoms. The standard InChI is InChI=1S/C22H25N5O6/c1-2-3-4-5-13-6-8-14(9-7-13)24-21(29)27-20-18(19(23)28)25-16(26-20)12-15-10-11-17(32-15)33-22(30)31/h6-11H,2-5,12H2,1H3,(H2,23,28)(H,25,26)(H,30,31)(H2,24,27,29). The van der Waals surface area contributed by atoms with E-state index in [9.17, 15) is 14.4 Å². The van der Waals surface area contributed by atoms with Crippen LogP contribution >= 0.6 is 0 Å². The summed E-state index contributed by atoms with van der Waals surface area (Å²) in [5.74, 6) is -0.458. The Labute approximate surface area is 189 Å². The number of H-pyrrole nitrogens is 1. The zero-order valence-electron chi connectivity index (χ0n) is 18.0. The van der Waals surface area contributed by atoms with Crippen molar-refractivity contribution in [3.8, 4) is 5.95 Å². The van der Waals surface area contributed by atoms with Crippen molar-refractivity contribution in [1.29, 1.82) is 0 Å². The van der Waals surface area contributed by atoms with Gasteiger partial charge in [-0.3, -0.25) is 10.1 Å². The van der Waals surface area contributed by atoms with Crippen molar-refractivity contribution in [3.63, 3.8) is 0 Å². The number of carbonyl (C=O) groups excluding carboxylic acids is 2. The number of rotatable bonds is 10. The number of aromatic amines is 1. The maximum absolute atomic E-state index is 12.4. The highest BCUT2D eigenvalue weighted by molar-refractivity contribution is 6.04. The summed E-state index contributed by atoms with van der Waals surface area (Å²) < 4.78 is 9.65. The van der Waals surface area contributed by atoms with Crippen molar-refractivity contribution in [2.75, 3.05) is 10.6 Å². The first-order chi connectivity index (χ1) is 15.8. The van der Waals surface area contributed by atoms with Gasteiger partial charge in [0.15, 0.2) is 5.82 Å². The van der Waals surface area contributed by atoms with Crippen LogP contribution < -0.4 is 21.1 Å². The number of nitrogens with two attached hydrogens (primary N) is 1. The number of imidazole rings is 1. The number of amides is 3. The Balaban J connectivity index is 1.63. The monoisotopic (exact) mass is 455 g/mol. The molecule has 0 saturated heterocycles. The number of aromatic nitrogens is 2. The molecule has 0 atom stereocenters. The number of furan rings is 1. The van der Waals surface area contributed by atoms with Crippen LogP contribution in [0.15, 0.2) is 40.8 Å². The number of urea groups is 1. The number of ether oxygens (including phenoxy) is 1. The third kappa shape index (κ3) is 6.86. The van der Waals surface area contributed by atoms with Crippen molar-refractivity contribution in [2.45, 2.75) is 39.0 Å². The van der Waals surface area contributed by atoms with Gasteiger partial charge in [-0.25, -0.2) is 14.6 Å². The van der Waals surface area contributed by atoms with E-state index in [0.717, 1.165) is 19.3 Å². The lowest BCUT2D eigenvalue weighted by molar-refractivity contribution is 0.0996. The molecule has 0 radical (unpaired) electrons. The number of nitrogens with zero attached hydrogens (tertiary/aromatic N) is 1. The fraction of sp³-hybridized carbons (Fsp3) is 0.273. The molecule has 0 spiro atoms. The van der Waals surface area contributed by atoms with Crippen LogP contribution in [0.5, 0.6) is 5.95 Å². The topological polar surface area (TPSA) is 173 Å². The second-order valence-electron chi connectivity index (χ2n) is 7.27. The third-order valence-corrected chi connectivity index (χ3v) is 4.68. The lowest BCUT2D eigenvalue weighted by Gasteiger charge is -2.07. The molecule has 33 heavy (non-hydrogen) atoms. The first-order valence-electron chi connectivity index (χ1n) is 10.4. The molecule has 0 unspecified atom stereocenters. The van der Waals surface area contributed by atoms with Gasteiger partial charge in [-0.1, -0.05) is 31.9 Å². The number of hydrogen-bond acceptors (Lipinski definition) is 6. The van der Waals surface area contributed by atoms with E-state index in [0.29, 0.717) is 11.4 Å². The summed E-state index contributed by atoms with van der Waals surface area (Å²) in [6.07, 6.45) is 3.00. The minimum absolute atomic E-state index is 0.0419. The minimum Gasteiger partial charge on any atom is -0.449 e. The predicted octanol–water partition coefficient (Wildman–Crippen LogP) is 4.13. The highest BCUT2D eigenvalue weighted by atomic mass is 16.7. The zero-order chi connectivity index (χ0) is 23.8. The van der Waals surface area contributed by atoms with Crippen molar-refractivity contribution >= 4 is 29.6 Å². The quantitative estimate of drug-likeness (QED) is 0.226. The van der Waals surface area contributed by atoms with Crippen LogP contribution in [0.4, 0.5) is 21.1 Å². The normalized spacial score (nSPS) is 10.6. The lowest BCUT2D eigenvalue weighted by atomic mass is 10.1. The molecule has 11 nitrogen and oxygen atoms in total. The predicted molar refractivity (Wildman–Crippen MR) is 120 cm³/mol. The molecule has 2 heterocycles. The fourth-order valence-electron chi connectivity index (χ4n) is 3.14. The first kappa shape index (κ1) is 23.4. The van der Waals surface area contributed by atoms with Gasteiger partial charge in [-0.05, 0) is 36.6 Å². The summed E-state index contributed by atoms with van der Waals surface area (Å²) in [5, 5.41) is 13.8. The molecule has 0 saturated carbocycles. The average molecular weight is 455 g/mol. The fourth-order valence-corrected chi connectivity index (χ4v) is 3.14. The summed E-state index contributed by atoms with van der Waals surface area (Å²) in [5.41, 5.74) is 7.08. The number of benzene rings is 1. The van der Waals surface area contributed by atoms with Gasteiger partial charge in [0.1, 0.15) is 17.3 Å². The summed E-state index contributed by atoms with van der Waals surface area (Å²) in [6, 6.07) is 9.76. The smallest absolute Gasteiger partial charge is 0.449 e. The third-order valence-electron chi connectivity index (χ3n) is 4.68. The summed E-state index contributed by atoms with van der Waals surface area (Å²) in [6.45, 7) is 2.15. The SMILES string of the molecule is CCCCCc1ccc(NC(=O)Nc2nc(Cc3ccc(OC(=O)O)o3)[nH]c2C(N)=O)cc1. The van der Waals surface area contributed by atoms with E-state index in [-0.39, 0.29) is 29.7 Å². The van der Waals surface area contributed by atoms with Crippen LogP contribution in [0.3, 0.4) is 0 Å². The van der Waals surface area contributed by atoms with Gasteiger partial charge in [0, 0.05) is 11.8 Å². The molecule has 1 aromatic carbocycles. The van der Waals surface area contributed by atoms with E-state index in [1.807, 2.05) is 12.1 Å². The van der Waals surface area contributed by atoms with Gasteiger partial charge < -0.3 is 30.3 Å². The van der Waals surface area contributed by atoms with Gasteiger partial charge >= 0.3 is 12.2 Å². The largest absolute Gasteiger partial charge is 0.513 e. The number of anilines is 2. The molecule has 0 aliphatic heterocycles. The molecule has 0 aliphatic carbocycles. The molecule has 0 fully saturated rings. The lowest BCUT2D eigenvalue weighted by Crippen LogP contribution is -2.22. The summed E-state index contributed by atoms with van der Waals surface area (Å²) >= 11 is 0. The molecule has 11 heteroatoms. The van der Waals surface area contributed by atoms with Gasteiger partial charge in [-0.15, -0.1) is 0 Å². The molecule has 0 aliphatic rings. The highest BCUT2D eigenvalue weighted by Crippen LogP contribution is 2.21. The van der Waals surface area contributed by atoms with Gasteiger partial charge in [0.2, 0.25) is 0 Å². The highest BCUT2D eigenvalue weighted by Gasteiger charge is 2.18. The zero-order valence-corrected chi connectivity index (χ0v) is 18.0. The van der Waals surface area contributed by atoms with Crippen LogP contribution in [-0.4, -0.2) is 33.2 Å². The number of primary amides is 1. The Bertz CT molecular complexity index is 1120. The van der Waals surface area contributed by atoms with Crippen molar-refractivity contribution in [2.24, 2.45) is 5.73 Å². The maximum atomic E-state index is 12.4. The van der Waals surface area contributed by atoms with Crippen LogP contribution in [0.2, 0.25) is 0 Å². The van der Waals surface area contributed by atoms with Gasteiger partial charge in [-0.2, -0.15) is 0 Å². The van der Waals surface area contributed by atoms with E-state index in [4.69, 9.17) is 15.3 Å². The number of hydrogen-bond donors (Lipinski definition) is 5. The summed E-state index contributed by atoms with van der Waals surface area (Å²) in [4.78, 5) is 41.7. The van der Waals surface area contributed by atoms with Gasteiger partial charge in [0.25, 0.3) is 11.9 Å². The van der Waals surface area contributed by atoms with Crippen LogP contribution in [-0.2, 0) is 12.8 Å². The van der Waals surface area contributed by atoms with E-state index < -0.39 is 18.1 Å². The Hall–Kier alpha value is -4.28. The minimum atomic E-state index is -1.51. The average Bonchev–Trinajstić information content (AvgIpc) is 3.35. The van der Waals surface area contributed by atoms with Crippen LogP contribution in [0.25, 0.3) is 0 Å². The van der Waals surface area contributed by atoms with Crippen molar-refractivity contribution < 1.29 is 28.6 Å². The second kappa shape index (κ2) is 10.8. The second-order valence-corrected chi connectivity index (χ2v) is 7.27. The molecular weight excluding hydrogens is 430 g/mol. The number of aryl methyl sites for hydroxylation is 1. The number of unbranched alkanes of at least 4 members (excludes halogenated alkanes) is 2. The summed E-state index contributed by atoms with van der Waals surface area (Å²) in [7, 11) is 0. The van der Waals surface area contributed by atoms with E-state index >= 15 is 0 Å². The molecule has 3 rings (SSSR count). The van der Waals surface area contributed by atoms with Crippen molar-refractivity contribution in [3.05, 3.63) is 59.2 Å². The van der Waals surface area contributed by atoms with E-state index in [2.05, 4.69) is 32.3 Å². The van der Waals surface area contributed by atoms with Crippen LogP contribution in [0, 0.1) is 0 Å². The number of carbonyl (C=O) groups is 3. The van der Waals surface area contributed by atoms with E-state index in [1.165, 1.54) is 24.1 Å². The Morgan fingerprint density at radius 1 is 1.12 bits per heavy atom. The Morgan fingerprint density at radius 2 is 1.88 bits per heavy atom. The molecule has 3 aromatic rings. The Morgan fingerprint density at radius 3 is 2.55 bits per heavy atom. The Kier molecular flexibility index (Phi) is 7.68. The van der Waals surface area contributed by atoms with Crippen LogP contribution in [0.1, 0.15) is 53.8 Å². The van der Waals surface area contributed by atoms with E-state index in [1.54, 1.807) is 12.1 Å². The number of carboxylic acid groups (broad SMARTS) is 1. The first-order valence-corrected chi connectivity index (χ1v) is 10.4. The van der Waals surface area contributed by atoms with Crippen molar-refractivity contribution in [1.82, 2.24) is 9.97 Å². The molecule has 6 N–H and O–H groups in total. The molecule has 3 amide bonds. The molecule has 2 aromatic heterocycles. The van der Waals surface area contributed by atoms with Gasteiger partial charge in [0.05, 0.1) is 6.42 Å². The maximum Gasteiger partial charge on any atom is 0.513 e. The molecular formula is C22H25N5O6. The number of nitrogens with one attached hydrogen (secondary N) is 3. The molecule has 174 valence electrons.